The van der Waals surface area contributed by atoms with Crippen molar-refractivity contribution in [1.29, 1.82) is 0 Å². The molecule has 7 heteroatoms. The van der Waals surface area contributed by atoms with E-state index < -0.39 is 0 Å². The van der Waals surface area contributed by atoms with Crippen molar-refractivity contribution in [1.82, 2.24) is 14.5 Å². The highest BCUT2D eigenvalue weighted by molar-refractivity contribution is 7.99. The molecular weight excluding hydrogens is 382 g/mol. The number of fused-ring (bicyclic) bond motifs is 1. The molecule has 0 bridgehead atoms. The molecule has 1 aromatic heterocycles. The van der Waals surface area contributed by atoms with Crippen LogP contribution in [0.15, 0.2) is 58.5 Å². The minimum Gasteiger partial charge on any atom is -0.342 e. The van der Waals surface area contributed by atoms with Gasteiger partial charge in [0.1, 0.15) is 0 Å². The van der Waals surface area contributed by atoms with Crippen molar-refractivity contribution in [2.45, 2.75) is 18.0 Å². The number of aromatic nitrogens is 2. The lowest BCUT2D eigenvalue weighted by molar-refractivity contribution is -0.127. The van der Waals surface area contributed by atoms with Crippen LogP contribution in [-0.2, 0) is 4.79 Å². The van der Waals surface area contributed by atoms with Crippen molar-refractivity contribution in [3.63, 3.8) is 0 Å². The van der Waals surface area contributed by atoms with E-state index >= 15 is 0 Å². The van der Waals surface area contributed by atoms with Crippen molar-refractivity contribution in [3.05, 3.63) is 63.9 Å². The summed E-state index contributed by atoms with van der Waals surface area (Å²) in [6.07, 6.45) is 2.11. The number of likely N-dealkylation sites (tertiary alicyclic amines) is 1. The van der Waals surface area contributed by atoms with Gasteiger partial charge in [0.2, 0.25) is 5.91 Å². The van der Waals surface area contributed by atoms with Crippen molar-refractivity contribution >= 4 is 40.2 Å². The third-order valence-electron chi connectivity index (χ3n) is 4.59. The summed E-state index contributed by atoms with van der Waals surface area (Å²) >= 11 is 7.42. The van der Waals surface area contributed by atoms with Crippen LogP contribution in [-0.4, -0.2) is 39.2 Å². The van der Waals surface area contributed by atoms with Crippen LogP contribution >= 0.6 is 23.4 Å². The summed E-state index contributed by atoms with van der Waals surface area (Å²) in [5, 5.41) is 1.57. The smallest absolute Gasteiger partial charge is 0.266 e. The minimum absolute atomic E-state index is 0.0811. The van der Waals surface area contributed by atoms with Crippen molar-refractivity contribution in [2.75, 3.05) is 18.8 Å². The van der Waals surface area contributed by atoms with Gasteiger partial charge in [0.05, 0.1) is 22.3 Å². The second kappa shape index (κ2) is 7.74. The number of halogens is 1. The average Bonchev–Trinajstić information content (AvgIpc) is 3.21. The second-order valence-corrected chi connectivity index (χ2v) is 7.79. The molecule has 1 aliphatic heterocycles. The van der Waals surface area contributed by atoms with Crippen LogP contribution in [0.5, 0.6) is 0 Å². The molecule has 0 spiro atoms. The molecule has 2 aromatic carbocycles. The Kier molecular flexibility index (Phi) is 5.18. The Hall–Kier alpha value is -2.31. The van der Waals surface area contributed by atoms with Crippen LogP contribution in [0.2, 0.25) is 5.02 Å². The van der Waals surface area contributed by atoms with Crippen LogP contribution in [0.25, 0.3) is 16.6 Å². The van der Waals surface area contributed by atoms with Crippen LogP contribution in [0, 0.1) is 0 Å². The highest BCUT2D eigenvalue weighted by atomic mass is 35.5. The van der Waals surface area contributed by atoms with E-state index in [1.165, 1.54) is 16.3 Å². The van der Waals surface area contributed by atoms with Crippen LogP contribution < -0.4 is 5.56 Å². The summed E-state index contributed by atoms with van der Waals surface area (Å²) in [4.78, 5) is 32.1. The van der Waals surface area contributed by atoms with E-state index in [0.29, 0.717) is 26.8 Å². The number of carbonyl (C=O) groups is 1. The number of thioether (sulfide) groups is 1. The van der Waals surface area contributed by atoms with E-state index in [2.05, 4.69) is 4.98 Å². The van der Waals surface area contributed by atoms with Gasteiger partial charge < -0.3 is 4.90 Å². The van der Waals surface area contributed by atoms with E-state index in [1.54, 1.807) is 24.3 Å². The van der Waals surface area contributed by atoms with Gasteiger partial charge in [-0.15, -0.1) is 0 Å². The maximum absolute atomic E-state index is 13.1. The SMILES string of the molecule is O=C(CSc1nc2ccccc2c(=O)n1-c1cccc(Cl)c1)N1CCCC1. The first kappa shape index (κ1) is 18.1. The van der Waals surface area contributed by atoms with E-state index in [9.17, 15) is 9.59 Å². The molecule has 1 amide bonds. The maximum Gasteiger partial charge on any atom is 0.266 e. The predicted octanol–water partition coefficient (Wildman–Crippen LogP) is 3.75. The molecule has 2 heterocycles. The first-order valence-corrected chi connectivity index (χ1v) is 10.2. The molecule has 27 heavy (non-hydrogen) atoms. The average molecular weight is 400 g/mol. The van der Waals surface area contributed by atoms with Gasteiger partial charge in [-0.3, -0.25) is 14.2 Å². The lowest BCUT2D eigenvalue weighted by Gasteiger charge is -2.16. The van der Waals surface area contributed by atoms with E-state index in [0.717, 1.165) is 25.9 Å². The normalized spacial score (nSPS) is 14.0. The molecule has 4 rings (SSSR count). The van der Waals surface area contributed by atoms with Crippen LogP contribution in [0.1, 0.15) is 12.8 Å². The Labute approximate surface area is 166 Å². The van der Waals surface area contributed by atoms with E-state index in [1.807, 2.05) is 29.2 Å². The monoisotopic (exact) mass is 399 g/mol. The van der Waals surface area contributed by atoms with Gasteiger partial charge in [-0.2, -0.15) is 0 Å². The fraction of sp³-hybridized carbons (Fsp3) is 0.250. The van der Waals surface area contributed by atoms with Gasteiger partial charge in [0.15, 0.2) is 5.16 Å². The van der Waals surface area contributed by atoms with Gasteiger partial charge in [0, 0.05) is 18.1 Å². The Balaban J connectivity index is 1.76. The third-order valence-corrected chi connectivity index (χ3v) is 5.75. The number of hydrogen-bond acceptors (Lipinski definition) is 4. The molecule has 0 unspecified atom stereocenters. The van der Waals surface area contributed by atoms with E-state index in [-0.39, 0.29) is 17.2 Å². The summed E-state index contributed by atoms with van der Waals surface area (Å²) in [6, 6.07) is 14.3. The Morgan fingerprint density at radius 2 is 1.89 bits per heavy atom. The first-order valence-electron chi connectivity index (χ1n) is 8.82. The second-order valence-electron chi connectivity index (χ2n) is 6.41. The van der Waals surface area contributed by atoms with E-state index in [4.69, 9.17) is 11.6 Å². The lowest BCUT2D eigenvalue weighted by Crippen LogP contribution is -2.29. The zero-order chi connectivity index (χ0) is 18.8. The Morgan fingerprint density at radius 1 is 1.11 bits per heavy atom. The Morgan fingerprint density at radius 3 is 2.67 bits per heavy atom. The molecule has 0 aliphatic carbocycles. The molecule has 1 fully saturated rings. The first-order chi connectivity index (χ1) is 13.1. The van der Waals surface area contributed by atoms with Gasteiger partial charge in [-0.1, -0.05) is 41.6 Å². The molecule has 3 aromatic rings. The third kappa shape index (κ3) is 3.73. The fourth-order valence-corrected chi connectivity index (χ4v) is 4.34. The predicted molar refractivity (Wildman–Crippen MR) is 109 cm³/mol. The van der Waals surface area contributed by atoms with Crippen LogP contribution in [0.3, 0.4) is 0 Å². The number of carbonyl (C=O) groups excluding carboxylic acids is 1. The van der Waals surface area contributed by atoms with Crippen molar-refractivity contribution in [3.8, 4) is 5.69 Å². The summed E-state index contributed by atoms with van der Waals surface area (Å²) in [6.45, 7) is 1.62. The summed E-state index contributed by atoms with van der Waals surface area (Å²) < 4.78 is 1.54. The number of rotatable bonds is 4. The number of hydrogen-bond donors (Lipinski definition) is 0. The molecule has 1 aliphatic rings. The highest BCUT2D eigenvalue weighted by Gasteiger charge is 2.20. The minimum atomic E-state index is -0.168. The zero-order valence-electron chi connectivity index (χ0n) is 14.6. The molecule has 5 nitrogen and oxygen atoms in total. The number of amides is 1. The molecular formula is C20H18ClN3O2S. The Bertz CT molecular complexity index is 1060. The molecule has 0 radical (unpaired) electrons. The molecule has 138 valence electrons. The number of benzene rings is 2. The van der Waals surface area contributed by atoms with Crippen LogP contribution in [0.4, 0.5) is 0 Å². The van der Waals surface area contributed by atoms with Gasteiger partial charge in [0.25, 0.3) is 5.56 Å². The van der Waals surface area contributed by atoms with Gasteiger partial charge in [-0.05, 0) is 43.2 Å². The number of para-hydroxylation sites is 1. The highest BCUT2D eigenvalue weighted by Crippen LogP contribution is 2.23. The summed E-state index contributed by atoms with van der Waals surface area (Å²) in [5.41, 5.74) is 1.10. The summed E-state index contributed by atoms with van der Waals surface area (Å²) in [5.74, 6) is 0.336. The standard InChI is InChI=1S/C20H18ClN3O2S/c21-14-6-5-7-15(12-14)24-19(26)16-8-1-2-9-17(16)22-20(24)27-13-18(25)23-10-3-4-11-23/h1-2,5-9,12H,3-4,10-11,13H2. The molecule has 0 N–H and O–H groups in total. The summed E-state index contributed by atoms with van der Waals surface area (Å²) in [7, 11) is 0. The quantitative estimate of drug-likeness (QED) is 0.495. The molecule has 1 saturated heterocycles. The topological polar surface area (TPSA) is 55.2 Å². The number of nitrogens with zero attached hydrogens (tertiary/aromatic N) is 3. The van der Waals surface area contributed by atoms with Gasteiger partial charge in [-0.25, -0.2) is 4.98 Å². The fourth-order valence-electron chi connectivity index (χ4n) is 3.24. The van der Waals surface area contributed by atoms with Crippen molar-refractivity contribution < 1.29 is 4.79 Å². The lowest BCUT2D eigenvalue weighted by atomic mass is 10.2. The molecule has 0 saturated carbocycles. The zero-order valence-corrected chi connectivity index (χ0v) is 16.2. The largest absolute Gasteiger partial charge is 0.342 e. The van der Waals surface area contributed by atoms with Gasteiger partial charge >= 0.3 is 0 Å². The van der Waals surface area contributed by atoms with Crippen molar-refractivity contribution in [2.24, 2.45) is 0 Å². The maximum atomic E-state index is 13.1. The molecule has 0 atom stereocenters.